The number of thiazole rings is 1. The van der Waals surface area contributed by atoms with Gasteiger partial charge in [-0.3, -0.25) is 4.79 Å². The number of carbonyl (C=O) groups is 1. The zero-order valence-corrected chi connectivity index (χ0v) is 11.5. The molecule has 1 fully saturated rings. The second-order valence-electron chi connectivity index (χ2n) is 4.44. The molecule has 2 heterocycles. The quantitative estimate of drug-likeness (QED) is 0.846. The van der Waals surface area contributed by atoms with E-state index in [9.17, 15) is 4.79 Å². The van der Waals surface area contributed by atoms with Gasteiger partial charge in [-0.25, -0.2) is 4.98 Å². The van der Waals surface area contributed by atoms with Crippen molar-refractivity contribution in [1.82, 2.24) is 4.98 Å². The molecule has 2 rings (SSSR count). The van der Waals surface area contributed by atoms with Crippen LogP contribution in [0.1, 0.15) is 25.5 Å². The van der Waals surface area contributed by atoms with Gasteiger partial charge in [0, 0.05) is 18.0 Å². The van der Waals surface area contributed by atoms with Crippen molar-refractivity contribution in [3.05, 3.63) is 11.1 Å². The van der Waals surface area contributed by atoms with Gasteiger partial charge in [-0.1, -0.05) is 0 Å². The van der Waals surface area contributed by atoms with Gasteiger partial charge < -0.3 is 14.8 Å². The topological polar surface area (TPSA) is 60.5 Å². The van der Waals surface area contributed by atoms with E-state index in [0.29, 0.717) is 12.1 Å². The van der Waals surface area contributed by atoms with Crippen LogP contribution in [0.2, 0.25) is 0 Å². The SMILES string of the molecule is COC(=O)Cc1csc(NC2CCOC(C)C2)n1. The largest absolute Gasteiger partial charge is 0.469 e. The minimum Gasteiger partial charge on any atom is -0.469 e. The van der Waals surface area contributed by atoms with E-state index in [1.54, 1.807) is 0 Å². The Bertz CT molecular complexity index is 408. The molecule has 0 saturated carbocycles. The van der Waals surface area contributed by atoms with Crippen LogP contribution in [0.5, 0.6) is 0 Å². The molecule has 1 saturated heterocycles. The van der Waals surface area contributed by atoms with Crippen molar-refractivity contribution >= 4 is 22.4 Å². The highest BCUT2D eigenvalue weighted by Gasteiger charge is 2.20. The number of rotatable bonds is 4. The summed E-state index contributed by atoms with van der Waals surface area (Å²) in [7, 11) is 1.39. The molecule has 1 N–H and O–H groups in total. The van der Waals surface area contributed by atoms with Crippen molar-refractivity contribution in [2.75, 3.05) is 19.0 Å². The molecule has 0 aromatic carbocycles. The molecule has 1 aliphatic rings. The third-order valence-electron chi connectivity index (χ3n) is 2.92. The number of nitrogens with zero attached hydrogens (tertiary/aromatic N) is 1. The van der Waals surface area contributed by atoms with E-state index in [4.69, 9.17) is 4.74 Å². The smallest absolute Gasteiger partial charge is 0.311 e. The van der Waals surface area contributed by atoms with Crippen LogP contribution in [0.25, 0.3) is 0 Å². The number of esters is 1. The lowest BCUT2D eigenvalue weighted by Crippen LogP contribution is -2.32. The van der Waals surface area contributed by atoms with Gasteiger partial charge in [0.25, 0.3) is 0 Å². The second-order valence-corrected chi connectivity index (χ2v) is 5.30. The first-order valence-corrected chi connectivity index (χ1v) is 6.94. The third-order valence-corrected chi connectivity index (χ3v) is 3.74. The van der Waals surface area contributed by atoms with Gasteiger partial charge in [0.05, 0.1) is 25.3 Å². The van der Waals surface area contributed by atoms with Gasteiger partial charge in [-0.2, -0.15) is 0 Å². The standard InChI is InChI=1S/C12H18N2O3S/c1-8-5-9(3-4-17-8)13-12-14-10(7-18-12)6-11(15)16-2/h7-9H,3-6H2,1-2H3,(H,13,14). The fourth-order valence-corrected chi connectivity index (χ4v) is 2.77. The lowest BCUT2D eigenvalue weighted by atomic mass is 10.1. The van der Waals surface area contributed by atoms with E-state index in [1.165, 1.54) is 18.4 Å². The van der Waals surface area contributed by atoms with Crippen molar-refractivity contribution in [3.63, 3.8) is 0 Å². The fourth-order valence-electron chi connectivity index (χ4n) is 1.98. The summed E-state index contributed by atoms with van der Waals surface area (Å²) in [6, 6.07) is 0.408. The molecule has 0 aliphatic carbocycles. The summed E-state index contributed by atoms with van der Waals surface area (Å²) < 4.78 is 10.1. The summed E-state index contributed by atoms with van der Waals surface area (Å²) in [4.78, 5) is 15.5. The molecular formula is C12H18N2O3S. The lowest BCUT2D eigenvalue weighted by molar-refractivity contribution is -0.139. The van der Waals surface area contributed by atoms with Crippen molar-refractivity contribution in [1.29, 1.82) is 0 Å². The predicted molar refractivity (Wildman–Crippen MR) is 69.9 cm³/mol. The first-order chi connectivity index (χ1) is 8.67. The van der Waals surface area contributed by atoms with Crippen LogP contribution in [0.15, 0.2) is 5.38 Å². The highest BCUT2D eigenvalue weighted by atomic mass is 32.1. The second kappa shape index (κ2) is 6.15. The first kappa shape index (κ1) is 13.3. The van der Waals surface area contributed by atoms with E-state index < -0.39 is 0 Å². The van der Waals surface area contributed by atoms with E-state index in [2.05, 4.69) is 22.0 Å². The zero-order chi connectivity index (χ0) is 13.0. The van der Waals surface area contributed by atoms with Gasteiger partial charge in [0.1, 0.15) is 0 Å². The van der Waals surface area contributed by atoms with E-state index in [1.807, 2.05) is 5.38 Å². The van der Waals surface area contributed by atoms with Gasteiger partial charge >= 0.3 is 5.97 Å². The summed E-state index contributed by atoms with van der Waals surface area (Å²) in [5.41, 5.74) is 0.759. The number of anilines is 1. The number of carbonyl (C=O) groups excluding carboxylic acids is 1. The Labute approximate surface area is 111 Å². The molecule has 0 spiro atoms. The van der Waals surface area contributed by atoms with Gasteiger partial charge in [0.2, 0.25) is 0 Å². The number of hydrogen-bond acceptors (Lipinski definition) is 6. The van der Waals surface area contributed by atoms with Crippen LogP contribution >= 0.6 is 11.3 Å². The maximum atomic E-state index is 11.1. The molecule has 5 nitrogen and oxygen atoms in total. The van der Waals surface area contributed by atoms with E-state index in [0.717, 1.165) is 30.3 Å². The molecule has 1 aliphatic heterocycles. The zero-order valence-electron chi connectivity index (χ0n) is 10.6. The van der Waals surface area contributed by atoms with Crippen LogP contribution < -0.4 is 5.32 Å². The summed E-state index contributed by atoms with van der Waals surface area (Å²) in [6.45, 7) is 2.87. The summed E-state index contributed by atoms with van der Waals surface area (Å²) >= 11 is 1.53. The van der Waals surface area contributed by atoms with Crippen molar-refractivity contribution in [3.8, 4) is 0 Å². The Hall–Kier alpha value is -1.14. The Morgan fingerprint density at radius 3 is 3.28 bits per heavy atom. The van der Waals surface area contributed by atoms with Gasteiger partial charge in [0.15, 0.2) is 5.13 Å². The number of methoxy groups -OCH3 is 1. The highest BCUT2D eigenvalue weighted by molar-refractivity contribution is 7.13. The molecule has 1 aromatic rings. The lowest BCUT2D eigenvalue weighted by Gasteiger charge is -2.27. The van der Waals surface area contributed by atoms with Crippen LogP contribution in [0.4, 0.5) is 5.13 Å². The normalized spacial score (nSPS) is 23.7. The number of nitrogens with one attached hydrogen (secondary N) is 1. The summed E-state index contributed by atoms with van der Waals surface area (Å²) in [5.74, 6) is -0.258. The number of hydrogen-bond donors (Lipinski definition) is 1. The summed E-state index contributed by atoms with van der Waals surface area (Å²) in [6.07, 6.45) is 2.52. The Kier molecular flexibility index (Phi) is 4.54. The average molecular weight is 270 g/mol. The monoisotopic (exact) mass is 270 g/mol. The molecular weight excluding hydrogens is 252 g/mol. The molecule has 2 unspecified atom stereocenters. The maximum absolute atomic E-state index is 11.1. The minimum absolute atomic E-state index is 0.235. The van der Waals surface area contributed by atoms with Crippen LogP contribution in [-0.2, 0) is 20.7 Å². The molecule has 100 valence electrons. The van der Waals surface area contributed by atoms with E-state index in [-0.39, 0.29) is 12.4 Å². The Morgan fingerprint density at radius 1 is 1.72 bits per heavy atom. The minimum atomic E-state index is -0.258. The fraction of sp³-hybridized carbons (Fsp3) is 0.667. The van der Waals surface area contributed by atoms with E-state index >= 15 is 0 Å². The highest BCUT2D eigenvalue weighted by Crippen LogP contribution is 2.21. The van der Waals surface area contributed by atoms with Crippen LogP contribution in [0.3, 0.4) is 0 Å². The number of ether oxygens (including phenoxy) is 2. The van der Waals surface area contributed by atoms with Crippen molar-refractivity contribution < 1.29 is 14.3 Å². The first-order valence-electron chi connectivity index (χ1n) is 6.06. The maximum Gasteiger partial charge on any atom is 0.311 e. The number of aromatic nitrogens is 1. The average Bonchev–Trinajstić information content (AvgIpc) is 2.76. The van der Waals surface area contributed by atoms with Crippen molar-refractivity contribution in [2.24, 2.45) is 0 Å². The molecule has 0 amide bonds. The molecule has 6 heteroatoms. The Balaban J connectivity index is 1.88. The van der Waals surface area contributed by atoms with Crippen LogP contribution in [-0.4, -0.2) is 36.8 Å². The van der Waals surface area contributed by atoms with Gasteiger partial charge in [-0.05, 0) is 19.8 Å². The van der Waals surface area contributed by atoms with Gasteiger partial charge in [-0.15, -0.1) is 11.3 Å². The molecule has 2 atom stereocenters. The molecule has 18 heavy (non-hydrogen) atoms. The van der Waals surface area contributed by atoms with Crippen molar-refractivity contribution in [2.45, 2.75) is 38.3 Å². The molecule has 0 bridgehead atoms. The Morgan fingerprint density at radius 2 is 2.56 bits per heavy atom. The molecule has 1 aromatic heterocycles. The summed E-state index contributed by atoms with van der Waals surface area (Å²) in [5, 5.41) is 6.16. The third kappa shape index (κ3) is 3.68. The van der Waals surface area contributed by atoms with Crippen LogP contribution in [0, 0.1) is 0 Å². The molecule has 0 radical (unpaired) electrons. The predicted octanol–water partition coefficient (Wildman–Crippen LogP) is 1.84.